The Bertz CT molecular complexity index is 646. The summed E-state index contributed by atoms with van der Waals surface area (Å²) in [5.41, 5.74) is 3.07. The smallest absolute Gasteiger partial charge is 0.123 e. The van der Waals surface area contributed by atoms with Crippen LogP contribution in [0.3, 0.4) is 0 Å². The van der Waals surface area contributed by atoms with Gasteiger partial charge in [0.1, 0.15) is 5.75 Å². The number of hydrogen-bond donors (Lipinski definition) is 0. The van der Waals surface area contributed by atoms with Crippen molar-refractivity contribution in [3.8, 4) is 11.8 Å². The molecule has 0 N–H and O–H groups in total. The monoisotopic (exact) mass is 294 g/mol. The number of nitriles is 1. The number of ether oxygens (including phenoxy) is 1. The molecule has 0 saturated carbocycles. The normalized spacial score (nSPS) is 10.5. The molecule has 0 aliphatic rings. The van der Waals surface area contributed by atoms with Crippen LogP contribution in [0.2, 0.25) is 0 Å². The van der Waals surface area contributed by atoms with E-state index in [1.54, 1.807) is 7.11 Å². The third kappa shape index (κ3) is 4.34. The predicted molar refractivity (Wildman–Crippen MR) is 88.6 cm³/mol. The maximum absolute atomic E-state index is 9.02. The van der Waals surface area contributed by atoms with Crippen molar-refractivity contribution < 1.29 is 4.74 Å². The molecule has 0 unspecified atom stereocenters. The maximum atomic E-state index is 9.02. The Morgan fingerprint density at radius 3 is 2.64 bits per heavy atom. The summed E-state index contributed by atoms with van der Waals surface area (Å²) in [4.78, 5) is 2.38. The Kier molecular flexibility index (Phi) is 6.00. The molecule has 0 aliphatic carbocycles. The number of para-hydroxylation sites is 1. The average Bonchev–Trinajstić information content (AvgIpc) is 2.55. The Hall–Kier alpha value is -2.31. The van der Waals surface area contributed by atoms with Crippen molar-refractivity contribution in [1.29, 1.82) is 5.26 Å². The SMILES string of the molecule is CCCN(Cc1cccc(C#N)c1)Cc1ccccc1OC. The van der Waals surface area contributed by atoms with E-state index in [9.17, 15) is 0 Å². The molecule has 22 heavy (non-hydrogen) atoms. The van der Waals surface area contributed by atoms with E-state index in [0.717, 1.165) is 31.8 Å². The van der Waals surface area contributed by atoms with Gasteiger partial charge in [0.25, 0.3) is 0 Å². The van der Waals surface area contributed by atoms with Crippen LogP contribution in [-0.4, -0.2) is 18.6 Å². The molecule has 0 heterocycles. The van der Waals surface area contributed by atoms with E-state index in [1.165, 1.54) is 11.1 Å². The summed E-state index contributed by atoms with van der Waals surface area (Å²) in [6, 6.07) is 18.2. The summed E-state index contributed by atoms with van der Waals surface area (Å²) < 4.78 is 5.44. The van der Waals surface area contributed by atoms with E-state index < -0.39 is 0 Å². The molecule has 0 atom stereocenters. The van der Waals surface area contributed by atoms with Crippen molar-refractivity contribution in [3.63, 3.8) is 0 Å². The molecule has 0 bridgehead atoms. The molecule has 0 aliphatic heterocycles. The van der Waals surface area contributed by atoms with Gasteiger partial charge in [0.05, 0.1) is 18.7 Å². The standard InChI is InChI=1S/C19H22N2O/c1-3-11-21(14-17-8-6-7-16(12-17)13-20)15-18-9-4-5-10-19(18)22-2/h4-10,12H,3,11,14-15H2,1-2H3. The van der Waals surface area contributed by atoms with Gasteiger partial charge in [-0.15, -0.1) is 0 Å². The molecule has 0 fully saturated rings. The first kappa shape index (κ1) is 16.1. The molecule has 114 valence electrons. The fourth-order valence-electron chi connectivity index (χ4n) is 2.60. The van der Waals surface area contributed by atoms with Crippen LogP contribution in [-0.2, 0) is 13.1 Å². The number of benzene rings is 2. The van der Waals surface area contributed by atoms with Gasteiger partial charge in [0.2, 0.25) is 0 Å². The van der Waals surface area contributed by atoms with Crippen LogP contribution < -0.4 is 4.74 Å². The van der Waals surface area contributed by atoms with Gasteiger partial charge in [-0.25, -0.2) is 0 Å². The van der Waals surface area contributed by atoms with Gasteiger partial charge in [-0.3, -0.25) is 4.90 Å². The maximum Gasteiger partial charge on any atom is 0.123 e. The van der Waals surface area contributed by atoms with E-state index in [-0.39, 0.29) is 0 Å². The lowest BCUT2D eigenvalue weighted by Gasteiger charge is -2.23. The highest BCUT2D eigenvalue weighted by molar-refractivity contribution is 5.34. The van der Waals surface area contributed by atoms with E-state index in [1.807, 2.05) is 36.4 Å². The fourth-order valence-corrected chi connectivity index (χ4v) is 2.60. The van der Waals surface area contributed by atoms with Crippen LogP contribution in [0, 0.1) is 11.3 Å². The fraction of sp³-hybridized carbons (Fsp3) is 0.316. The van der Waals surface area contributed by atoms with Crippen LogP contribution in [0.15, 0.2) is 48.5 Å². The summed E-state index contributed by atoms with van der Waals surface area (Å²) >= 11 is 0. The molecule has 2 aromatic rings. The molecular formula is C19H22N2O. The van der Waals surface area contributed by atoms with E-state index in [2.05, 4.69) is 30.0 Å². The van der Waals surface area contributed by atoms with Crippen molar-refractivity contribution in [2.24, 2.45) is 0 Å². The minimum absolute atomic E-state index is 0.714. The molecule has 0 saturated heterocycles. The molecule has 0 aromatic heterocycles. The molecule has 0 spiro atoms. The van der Waals surface area contributed by atoms with Gasteiger partial charge in [0, 0.05) is 18.7 Å². The predicted octanol–water partition coefficient (Wildman–Crippen LogP) is 3.98. The van der Waals surface area contributed by atoms with Crippen LogP contribution in [0.5, 0.6) is 5.75 Å². The van der Waals surface area contributed by atoms with Crippen LogP contribution >= 0.6 is 0 Å². The van der Waals surface area contributed by atoms with Crippen molar-refractivity contribution in [1.82, 2.24) is 4.90 Å². The highest BCUT2D eigenvalue weighted by Crippen LogP contribution is 2.20. The topological polar surface area (TPSA) is 36.3 Å². The quantitative estimate of drug-likeness (QED) is 0.775. The zero-order chi connectivity index (χ0) is 15.8. The minimum atomic E-state index is 0.714. The molecule has 3 heteroatoms. The molecular weight excluding hydrogens is 272 g/mol. The van der Waals surface area contributed by atoms with Gasteiger partial charge in [-0.1, -0.05) is 37.3 Å². The number of hydrogen-bond acceptors (Lipinski definition) is 3. The lowest BCUT2D eigenvalue weighted by Crippen LogP contribution is -2.24. The zero-order valence-corrected chi connectivity index (χ0v) is 13.2. The van der Waals surface area contributed by atoms with Crippen LogP contribution in [0.25, 0.3) is 0 Å². The molecule has 0 amide bonds. The second-order valence-electron chi connectivity index (χ2n) is 5.33. The second-order valence-corrected chi connectivity index (χ2v) is 5.33. The Morgan fingerprint density at radius 1 is 1.09 bits per heavy atom. The summed E-state index contributed by atoms with van der Waals surface area (Å²) in [6.07, 6.45) is 1.09. The van der Waals surface area contributed by atoms with Gasteiger partial charge < -0.3 is 4.74 Å². The van der Waals surface area contributed by atoms with Crippen molar-refractivity contribution in [3.05, 3.63) is 65.2 Å². The Morgan fingerprint density at radius 2 is 1.91 bits per heavy atom. The average molecular weight is 294 g/mol. The number of methoxy groups -OCH3 is 1. The lowest BCUT2D eigenvalue weighted by atomic mass is 10.1. The molecule has 3 nitrogen and oxygen atoms in total. The van der Waals surface area contributed by atoms with Gasteiger partial charge >= 0.3 is 0 Å². The lowest BCUT2D eigenvalue weighted by molar-refractivity contribution is 0.253. The highest BCUT2D eigenvalue weighted by Gasteiger charge is 2.10. The van der Waals surface area contributed by atoms with E-state index in [0.29, 0.717) is 5.56 Å². The van der Waals surface area contributed by atoms with Gasteiger partial charge in [-0.05, 0) is 36.7 Å². The van der Waals surface area contributed by atoms with Crippen LogP contribution in [0.4, 0.5) is 0 Å². The Balaban J connectivity index is 2.14. The van der Waals surface area contributed by atoms with Crippen molar-refractivity contribution in [2.45, 2.75) is 26.4 Å². The van der Waals surface area contributed by atoms with Crippen molar-refractivity contribution >= 4 is 0 Å². The van der Waals surface area contributed by atoms with Crippen LogP contribution in [0.1, 0.15) is 30.0 Å². The van der Waals surface area contributed by atoms with E-state index >= 15 is 0 Å². The van der Waals surface area contributed by atoms with Gasteiger partial charge in [0.15, 0.2) is 0 Å². The summed E-state index contributed by atoms with van der Waals surface area (Å²) in [5.74, 6) is 0.925. The first-order valence-electron chi connectivity index (χ1n) is 7.60. The summed E-state index contributed by atoms with van der Waals surface area (Å²) in [6.45, 7) is 4.87. The molecule has 0 radical (unpaired) electrons. The van der Waals surface area contributed by atoms with Crippen molar-refractivity contribution in [2.75, 3.05) is 13.7 Å². The molecule has 2 rings (SSSR count). The first-order valence-corrected chi connectivity index (χ1v) is 7.60. The number of nitrogens with zero attached hydrogens (tertiary/aromatic N) is 2. The third-order valence-electron chi connectivity index (χ3n) is 3.59. The number of rotatable bonds is 7. The van der Waals surface area contributed by atoms with E-state index in [4.69, 9.17) is 10.00 Å². The summed E-state index contributed by atoms with van der Waals surface area (Å²) in [5, 5.41) is 9.02. The Labute approximate surface area is 132 Å². The zero-order valence-electron chi connectivity index (χ0n) is 13.2. The second kappa shape index (κ2) is 8.21. The minimum Gasteiger partial charge on any atom is -0.496 e. The molecule has 2 aromatic carbocycles. The summed E-state index contributed by atoms with van der Waals surface area (Å²) in [7, 11) is 1.71. The largest absolute Gasteiger partial charge is 0.496 e. The highest BCUT2D eigenvalue weighted by atomic mass is 16.5. The van der Waals surface area contributed by atoms with Gasteiger partial charge in [-0.2, -0.15) is 5.26 Å². The third-order valence-corrected chi connectivity index (χ3v) is 3.59. The first-order chi connectivity index (χ1) is 10.8.